The summed E-state index contributed by atoms with van der Waals surface area (Å²) in [7, 11) is 11.5. The first-order valence-electron chi connectivity index (χ1n) is 33.4. The van der Waals surface area contributed by atoms with Gasteiger partial charge in [0.05, 0.1) is 97.9 Å². The first kappa shape index (κ1) is 66.9. The second-order valence-electron chi connectivity index (χ2n) is 24.9. The van der Waals surface area contributed by atoms with E-state index in [4.69, 9.17) is 18.9 Å². The molecule has 10 heterocycles. The van der Waals surface area contributed by atoms with E-state index in [9.17, 15) is 0 Å². The van der Waals surface area contributed by atoms with Gasteiger partial charge in [0, 0.05) is 67.6 Å². The van der Waals surface area contributed by atoms with Crippen LogP contribution in [-0.2, 0) is 65.5 Å². The number of hydrogen-bond donors (Lipinski definition) is 0. The number of methoxy groups -OCH3 is 4. The number of rotatable bonds is 25. The number of hydrogen-bond acceptors (Lipinski definition) is 14. The third-order valence-electron chi connectivity index (χ3n) is 19.3. The van der Waals surface area contributed by atoms with Crippen LogP contribution in [0.25, 0.3) is 112 Å². The highest BCUT2D eigenvalue weighted by Gasteiger charge is 2.30. The molecular weight excluding hydrogens is 1420 g/mol. The van der Waals surface area contributed by atoms with E-state index >= 15 is 0 Å². The van der Waals surface area contributed by atoms with Gasteiger partial charge >= 0.3 is 0 Å². The van der Waals surface area contributed by atoms with Crippen molar-refractivity contribution in [3.63, 3.8) is 0 Å². The molecule has 0 aliphatic carbocycles. The largest absolute Gasteiger partial charge is 0.495 e. The van der Waals surface area contributed by atoms with Gasteiger partial charge in [-0.3, -0.25) is 0 Å². The van der Waals surface area contributed by atoms with Crippen LogP contribution in [-0.4, -0.2) is 50.1 Å². The van der Waals surface area contributed by atoms with E-state index in [2.05, 4.69) is 230 Å². The Bertz CT molecular complexity index is 5270. The van der Waals surface area contributed by atoms with Crippen molar-refractivity contribution in [3.8, 4) is 94.5 Å². The smallest absolute Gasteiger partial charge is 0.140 e. The molecular formula is C84H72N2O4S10. The molecule has 0 radical (unpaired) electrons. The second-order valence-corrected chi connectivity index (χ2v) is 35.4. The van der Waals surface area contributed by atoms with Gasteiger partial charge in [0.2, 0.25) is 0 Å². The van der Waals surface area contributed by atoms with E-state index in [1.54, 1.807) is 60.4 Å². The zero-order valence-corrected chi connectivity index (χ0v) is 64.9. The van der Waals surface area contributed by atoms with Gasteiger partial charge < -0.3 is 28.1 Å². The fraction of sp³-hybridized carbons (Fsp3) is 0.190. The van der Waals surface area contributed by atoms with Crippen LogP contribution >= 0.6 is 114 Å². The summed E-state index contributed by atoms with van der Waals surface area (Å²) in [6, 6.07) is 72.1. The molecule has 16 aromatic rings. The normalized spacial score (nSPS) is 11.8. The predicted octanol–water partition coefficient (Wildman–Crippen LogP) is 25.8. The maximum atomic E-state index is 6.38. The lowest BCUT2D eigenvalue weighted by Gasteiger charge is -2.09. The first-order chi connectivity index (χ1) is 49.1. The molecule has 0 bridgehead atoms. The Morgan fingerprint density at radius 1 is 0.280 bits per heavy atom. The van der Waals surface area contributed by atoms with Crippen molar-refractivity contribution in [2.24, 2.45) is 14.1 Å². The van der Waals surface area contributed by atoms with Gasteiger partial charge in [-0.15, -0.1) is 114 Å². The summed E-state index contributed by atoms with van der Waals surface area (Å²) in [4.78, 5) is 12.4. The third kappa shape index (κ3) is 12.5. The first-order valence-corrected chi connectivity index (χ1v) is 42.4. The van der Waals surface area contributed by atoms with Crippen LogP contribution in [0.4, 0.5) is 0 Å². The van der Waals surface area contributed by atoms with Gasteiger partial charge in [-0.2, -0.15) is 0 Å². The molecule has 0 spiro atoms. The zero-order chi connectivity index (χ0) is 68.1. The predicted molar refractivity (Wildman–Crippen MR) is 441 cm³/mol. The molecule has 0 aliphatic rings. The van der Waals surface area contributed by atoms with Gasteiger partial charge in [0.1, 0.15) is 23.0 Å². The summed E-state index contributed by atoms with van der Waals surface area (Å²) in [6.07, 6.45) is 11.7. The molecule has 100 heavy (non-hydrogen) atoms. The Labute approximate surface area is 624 Å². The van der Waals surface area contributed by atoms with E-state index < -0.39 is 0 Å². The molecule has 0 atom stereocenters. The summed E-state index contributed by atoms with van der Waals surface area (Å²) < 4.78 is 37.2. The highest BCUT2D eigenvalue weighted by atomic mass is 32.2. The minimum absolute atomic E-state index is 0.888. The minimum Gasteiger partial charge on any atom is -0.495 e. The van der Waals surface area contributed by atoms with Gasteiger partial charge in [0.25, 0.3) is 0 Å². The topological polar surface area (TPSA) is 46.8 Å². The van der Waals surface area contributed by atoms with Crippen molar-refractivity contribution in [3.05, 3.63) is 239 Å². The Hall–Kier alpha value is -7.58. The lowest BCUT2D eigenvalue weighted by molar-refractivity contribution is 0.417. The van der Waals surface area contributed by atoms with Crippen LogP contribution in [0.15, 0.2) is 203 Å². The number of benzene rings is 6. The molecule has 6 nitrogen and oxygen atoms in total. The fourth-order valence-corrected chi connectivity index (χ4v) is 26.1. The Morgan fingerprint density at radius 2 is 0.540 bits per heavy atom. The summed E-state index contributed by atoms with van der Waals surface area (Å²) in [6.45, 7) is 0. The molecule has 16 rings (SSSR count). The summed E-state index contributed by atoms with van der Waals surface area (Å²) in [5.74, 6) is 3.58. The third-order valence-corrected chi connectivity index (χ3v) is 31.8. The lowest BCUT2D eigenvalue weighted by Crippen LogP contribution is -1.95. The monoisotopic (exact) mass is 1490 g/mol. The van der Waals surface area contributed by atoms with Crippen LogP contribution < -0.4 is 18.9 Å². The fourth-order valence-electron chi connectivity index (χ4n) is 14.2. The van der Waals surface area contributed by atoms with Gasteiger partial charge in [-0.25, -0.2) is 0 Å². The van der Waals surface area contributed by atoms with E-state index in [0.29, 0.717) is 0 Å². The Balaban J connectivity index is 0.880. The average molecular weight is 1490 g/mol. The SMILES string of the molecule is COc1cc(SC)sc1-c1ccc(-c2sc(-c3sc4c(ccc5c(CCc6ccccc6)c(-c6sc7c(ccc8c(CCc9ccccc9)c(-c9cc(OC)c(-c%10ccc(-c%11sc(SC)cc%11OC)n%10C)s9)sc87)c6CCc6ccccc6)sc54)c3CCc3ccccc3)cc2OC)n1C. The number of aromatic nitrogens is 2. The van der Waals surface area contributed by atoms with E-state index in [1.807, 2.05) is 82.2 Å². The van der Waals surface area contributed by atoms with Crippen molar-refractivity contribution in [2.45, 2.75) is 59.8 Å². The number of aryl methyl sites for hydroxylation is 8. The number of thiophene rings is 8. The highest BCUT2D eigenvalue weighted by Crippen LogP contribution is 2.57. The molecule has 0 unspecified atom stereocenters. The summed E-state index contributed by atoms with van der Waals surface area (Å²) in [5, 5.41) is 5.43. The van der Waals surface area contributed by atoms with Crippen LogP contribution in [0, 0.1) is 0 Å². The molecule has 0 aliphatic heterocycles. The summed E-state index contributed by atoms with van der Waals surface area (Å²) >= 11 is 18.8. The summed E-state index contributed by atoms with van der Waals surface area (Å²) in [5.41, 5.74) is 15.6. The molecule has 0 fully saturated rings. The molecule has 0 saturated carbocycles. The van der Waals surface area contributed by atoms with Crippen molar-refractivity contribution < 1.29 is 18.9 Å². The second kappa shape index (κ2) is 29.0. The number of nitrogens with zero attached hydrogens (tertiary/aromatic N) is 2. The van der Waals surface area contributed by atoms with E-state index in [-0.39, 0.29) is 0 Å². The molecule has 10 aromatic heterocycles. The standard InChI is InChI=1S/C84H72N2O4S10/c1-85-61(41-43-63(85)83-67(89-5)47-71(91-7)95-83)81-65(87-3)45-69(93-81)73-53(33-29-49-21-13-9-14-22-49)57-37-39-59-55(35-31-51-25-17-11-18-26-51)77(99-79(59)75(57)97-73)78-56(36-32-52-27-19-12-20-28-52)60-40-38-58-54(34-30-50-23-15-10-16-24-50)74(98-76(58)80(60)100-78)70-46-66(88-4)82(94-70)62-42-44-64(86(62)2)84-68(90-6)48-72(92-8)96-84/h9-28,37-48H,29-36H2,1-8H3. The maximum Gasteiger partial charge on any atom is 0.140 e. The quantitative estimate of drug-likeness (QED) is 0.0532. The van der Waals surface area contributed by atoms with Crippen molar-refractivity contribution in [1.29, 1.82) is 0 Å². The Kier molecular flexibility index (Phi) is 19.4. The molecule has 502 valence electrons. The van der Waals surface area contributed by atoms with Crippen LogP contribution in [0.5, 0.6) is 23.0 Å². The molecule has 6 aromatic carbocycles. The van der Waals surface area contributed by atoms with Crippen LogP contribution in [0.1, 0.15) is 44.5 Å². The van der Waals surface area contributed by atoms with Crippen molar-refractivity contribution in [2.75, 3.05) is 41.0 Å². The van der Waals surface area contributed by atoms with Gasteiger partial charge in [-0.05, 0) is 154 Å². The van der Waals surface area contributed by atoms with Crippen molar-refractivity contribution in [1.82, 2.24) is 9.13 Å². The van der Waals surface area contributed by atoms with Crippen molar-refractivity contribution >= 4 is 155 Å². The van der Waals surface area contributed by atoms with E-state index in [0.717, 1.165) is 117 Å². The minimum atomic E-state index is 0.888. The number of ether oxygens (including phenoxy) is 4. The Morgan fingerprint density at radius 3 is 0.820 bits per heavy atom. The highest BCUT2D eigenvalue weighted by molar-refractivity contribution is 8.00. The maximum absolute atomic E-state index is 6.38. The number of fused-ring (bicyclic) bond motifs is 6. The molecule has 0 saturated heterocycles. The van der Waals surface area contributed by atoms with E-state index in [1.165, 1.54) is 123 Å². The van der Waals surface area contributed by atoms with Crippen LogP contribution in [0.3, 0.4) is 0 Å². The molecule has 16 heteroatoms. The van der Waals surface area contributed by atoms with Crippen LogP contribution in [0.2, 0.25) is 0 Å². The number of thioether (sulfide) groups is 2. The average Bonchev–Trinajstić information content (AvgIpc) is 1.57. The van der Waals surface area contributed by atoms with Gasteiger partial charge in [-0.1, -0.05) is 146 Å². The molecule has 0 amide bonds. The molecule has 0 N–H and O–H groups in total. The lowest BCUT2D eigenvalue weighted by atomic mass is 9.96. The van der Waals surface area contributed by atoms with Gasteiger partial charge in [0.15, 0.2) is 0 Å². The zero-order valence-electron chi connectivity index (χ0n) is 56.7.